The van der Waals surface area contributed by atoms with Crippen LogP contribution in [0.5, 0.6) is 11.5 Å². The van der Waals surface area contributed by atoms with Gasteiger partial charge in [-0.3, -0.25) is 0 Å². The molecule has 4 nitrogen and oxygen atoms in total. The van der Waals surface area contributed by atoms with Gasteiger partial charge in [-0.05, 0) is 85.6 Å². The third kappa shape index (κ3) is 5.72. The van der Waals surface area contributed by atoms with Crippen molar-refractivity contribution in [2.75, 3.05) is 0 Å². The van der Waals surface area contributed by atoms with Crippen molar-refractivity contribution in [3.8, 4) is 16.8 Å². The molecule has 9 aromatic carbocycles. The first kappa shape index (κ1) is 32.3. The van der Waals surface area contributed by atoms with Gasteiger partial charge in [0.15, 0.2) is 0 Å². The first-order valence-electron chi connectivity index (χ1n) is 18.1. The molecule has 11 rings (SSSR count). The first-order valence-corrected chi connectivity index (χ1v) is 21.3. The zero-order valence-electron chi connectivity index (χ0n) is 29.3. The summed E-state index contributed by atoms with van der Waals surface area (Å²) in [5, 5.41) is 13.1. The van der Waals surface area contributed by atoms with Gasteiger partial charge < -0.3 is 17.4 Å². The van der Waals surface area contributed by atoms with Gasteiger partial charge in [-0.2, -0.15) is 0 Å². The summed E-state index contributed by atoms with van der Waals surface area (Å²) in [5.74, 6) is 1.47. The highest BCUT2D eigenvalue weighted by Gasteiger charge is 2.30. The van der Waals surface area contributed by atoms with Crippen LogP contribution in [0.1, 0.15) is 0 Å². The molecule has 0 saturated carbocycles. The smallest absolute Gasteiger partial charge is 0.338 e. The van der Waals surface area contributed by atoms with E-state index in [0.29, 0.717) is 0 Å². The molecule has 0 bridgehead atoms. The zero-order valence-corrected chi connectivity index (χ0v) is 31.9. The Morgan fingerprint density at radius 1 is 0.418 bits per heavy atom. The van der Waals surface area contributed by atoms with Crippen molar-refractivity contribution in [2.45, 2.75) is 0 Å². The van der Waals surface area contributed by atoms with Gasteiger partial charge in [0.1, 0.15) is 32.6 Å². The number of benzene rings is 9. The fourth-order valence-corrected chi connectivity index (χ4v) is 12.6. The average Bonchev–Trinajstić information content (AvgIpc) is 3.53. The molecular formula is C48H30O4P2S. The maximum absolute atomic E-state index is 7.20. The van der Waals surface area contributed by atoms with Crippen LogP contribution in [0.15, 0.2) is 190 Å². The lowest BCUT2D eigenvalue weighted by atomic mass is 9.99. The van der Waals surface area contributed by atoms with E-state index in [1.807, 2.05) is 12.1 Å². The lowest BCUT2D eigenvalue weighted by Crippen LogP contribution is -2.08. The second-order valence-electron chi connectivity index (χ2n) is 13.5. The monoisotopic (exact) mass is 764 g/mol. The molecule has 262 valence electrons. The SMILES string of the molecule is c1ccc2cc(OP(Oc3ccc4ccccc4c3)c3sc4ccccc4c3-p3oc4ccc5ccccc5c4c4c(ccc5ccccc54)o3)ccc2c1. The molecule has 0 aliphatic carbocycles. The van der Waals surface area contributed by atoms with Crippen molar-refractivity contribution in [3.63, 3.8) is 0 Å². The van der Waals surface area contributed by atoms with E-state index in [0.717, 1.165) is 96.5 Å². The van der Waals surface area contributed by atoms with Crippen LogP contribution >= 0.6 is 27.7 Å². The van der Waals surface area contributed by atoms with Crippen molar-refractivity contribution >= 4 is 107 Å². The summed E-state index contributed by atoms with van der Waals surface area (Å²) >= 11 is 1.68. The minimum absolute atomic E-state index is 0.734. The van der Waals surface area contributed by atoms with Crippen molar-refractivity contribution in [3.05, 3.63) is 182 Å². The summed E-state index contributed by atoms with van der Waals surface area (Å²) in [4.78, 5) is 0. The van der Waals surface area contributed by atoms with Crippen LogP contribution in [-0.4, -0.2) is 0 Å². The quantitative estimate of drug-likeness (QED) is 0.158. The molecule has 0 spiro atoms. The normalized spacial score (nSPS) is 11.8. The fourth-order valence-electron chi connectivity index (χ4n) is 7.52. The number of thiophene rings is 1. The minimum atomic E-state index is -1.74. The van der Waals surface area contributed by atoms with Crippen LogP contribution in [0.2, 0.25) is 0 Å². The Morgan fingerprint density at radius 3 is 1.40 bits per heavy atom. The Balaban J connectivity index is 1.19. The van der Waals surface area contributed by atoms with E-state index >= 15 is 0 Å². The van der Waals surface area contributed by atoms with E-state index in [1.165, 1.54) is 0 Å². The van der Waals surface area contributed by atoms with Gasteiger partial charge in [0.2, 0.25) is 0 Å². The highest BCUT2D eigenvalue weighted by Crippen LogP contribution is 2.54. The molecule has 0 saturated heterocycles. The van der Waals surface area contributed by atoms with E-state index in [1.54, 1.807) is 11.3 Å². The molecule has 0 aliphatic rings. The molecular weight excluding hydrogens is 735 g/mol. The van der Waals surface area contributed by atoms with Crippen molar-refractivity contribution in [1.29, 1.82) is 0 Å². The van der Waals surface area contributed by atoms with Gasteiger partial charge in [0.25, 0.3) is 8.01 Å². The summed E-state index contributed by atoms with van der Waals surface area (Å²) in [7, 11) is -3.47. The molecule has 0 aliphatic heterocycles. The minimum Gasteiger partial charge on any atom is -0.435 e. The van der Waals surface area contributed by atoms with Crippen LogP contribution in [0.4, 0.5) is 0 Å². The van der Waals surface area contributed by atoms with Gasteiger partial charge in [0, 0.05) is 20.9 Å². The van der Waals surface area contributed by atoms with E-state index in [4.69, 9.17) is 17.4 Å². The molecule has 0 atom stereocenters. The summed E-state index contributed by atoms with van der Waals surface area (Å²) in [5.41, 5.74) is 1.58. The third-order valence-electron chi connectivity index (χ3n) is 10.1. The predicted molar refractivity (Wildman–Crippen MR) is 234 cm³/mol. The maximum Gasteiger partial charge on any atom is 0.338 e. The lowest BCUT2D eigenvalue weighted by Gasteiger charge is -2.19. The predicted octanol–water partition coefficient (Wildman–Crippen LogP) is 15.2. The Morgan fingerprint density at radius 2 is 0.855 bits per heavy atom. The van der Waals surface area contributed by atoms with E-state index < -0.39 is 16.4 Å². The van der Waals surface area contributed by atoms with Crippen LogP contribution in [0.25, 0.3) is 80.4 Å². The van der Waals surface area contributed by atoms with Gasteiger partial charge in [0.05, 0.1) is 0 Å². The Kier molecular flexibility index (Phi) is 7.84. The van der Waals surface area contributed by atoms with E-state index in [9.17, 15) is 0 Å². The van der Waals surface area contributed by atoms with E-state index in [-0.39, 0.29) is 0 Å². The van der Waals surface area contributed by atoms with Crippen LogP contribution in [-0.2, 0) is 0 Å². The Labute approximate surface area is 322 Å². The fraction of sp³-hybridized carbons (Fsp3) is 0. The molecule has 0 radical (unpaired) electrons. The van der Waals surface area contributed by atoms with Gasteiger partial charge in [-0.1, -0.05) is 140 Å². The number of rotatable bonds is 6. The van der Waals surface area contributed by atoms with Crippen LogP contribution in [0, 0.1) is 0 Å². The number of fused-ring (bicyclic) bond motifs is 10. The van der Waals surface area contributed by atoms with Crippen molar-refractivity contribution in [2.24, 2.45) is 0 Å². The van der Waals surface area contributed by atoms with Crippen LogP contribution in [0.3, 0.4) is 0 Å². The molecule has 0 N–H and O–H groups in total. The largest absolute Gasteiger partial charge is 0.435 e. The van der Waals surface area contributed by atoms with Crippen LogP contribution < -0.4 is 13.7 Å². The number of hydrogen-bond donors (Lipinski definition) is 0. The van der Waals surface area contributed by atoms with Crippen molar-refractivity contribution < 1.29 is 17.4 Å². The topological polar surface area (TPSA) is 44.7 Å². The van der Waals surface area contributed by atoms with Gasteiger partial charge in [-0.25, -0.2) is 0 Å². The second kappa shape index (κ2) is 13.3. The molecule has 0 amide bonds. The highest BCUT2D eigenvalue weighted by atomic mass is 32.1. The molecule has 0 fully saturated rings. The van der Waals surface area contributed by atoms with Gasteiger partial charge in [-0.15, -0.1) is 11.3 Å². The van der Waals surface area contributed by atoms with Gasteiger partial charge >= 0.3 is 8.38 Å². The van der Waals surface area contributed by atoms with E-state index in [2.05, 4.69) is 170 Å². The standard InChI is InChI=1S/C48H30O4P2S/c1-3-15-35-29-37(25-21-31(35)11-1)49-54(50-38-26-22-32-12-2-4-16-36(32)30-38)48-47(41-19-9-10-20-44(41)55-48)53-51-42-27-23-33-13-5-7-17-39(33)45(42)46-40-18-8-6-14-34(40)24-28-43(46)52-53/h1-30H. The second-order valence-corrected chi connectivity index (χ2v) is 17.5. The molecule has 2 aromatic heterocycles. The molecule has 55 heavy (non-hydrogen) atoms. The summed E-state index contributed by atoms with van der Waals surface area (Å²) in [6.07, 6.45) is 0. The number of hydrogen-bond acceptors (Lipinski definition) is 5. The summed E-state index contributed by atoms with van der Waals surface area (Å²) in [6, 6.07) is 63.1. The maximum atomic E-state index is 7.20. The third-order valence-corrected chi connectivity index (χ3v) is 15.0. The molecule has 0 unspecified atom stereocenters. The zero-order chi connectivity index (χ0) is 36.3. The Hall–Kier alpha value is -6.09. The lowest BCUT2D eigenvalue weighted by molar-refractivity contribution is 0.503. The summed E-state index contributed by atoms with van der Waals surface area (Å²) in [6.45, 7) is 0. The highest BCUT2D eigenvalue weighted by molar-refractivity contribution is 7.68. The van der Waals surface area contributed by atoms with Crippen molar-refractivity contribution in [1.82, 2.24) is 0 Å². The average molecular weight is 765 g/mol. The molecule has 7 heteroatoms. The molecule has 11 aromatic rings. The Bertz CT molecular complexity index is 3140. The first-order chi connectivity index (χ1) is 27.2. The summed E-state index contributed by atoms with van der Waals surface area (Å²) < 4.78 is 30.5. The molecule has 2 heterocycles.